The van der Waals surface area contributed by atoms with Crippen LogP contribution >= 0.6 is 11.3 Å². The van der Waals surface area contributed by atoms with Crippen molar-refractivity contribution in [3.05, 3.63) is 106 Å². The fraction of sp³-hybridized carbons (Fsp3) is 0.544. The maximum absolute atomic E-state index is 13.9. The summed E-state index contributed by atoms with van der Waals surface area (Å²) in [6, 6.07) is 11.9. The molecule has 2 saturated heterocycles. The molecule has 6 aromatic rings. The number of alkyl halides is 10. The molecule has 4 fully saturated rings. The van der Waals surface area contributed by atoms with Crippen LogP contribution in [0.5, 0.6) is 0 Å². The van der Waals surface area contributed by atoms with E-state index in [1.165, 1.54) is 70.9 Å². The smallest absolute Gasteiger partial charge is 0.347 e. The summed E-state index contributed by atoms with van der Waals surface area (Å²) in [7, 11) is 0. The van der Waals surface area contributed by atoms with Gasteiger partial charge in [-0.05, 0) is 82.7 Å². The van der Waals surface area contributed by atoms with Crippen molar-refractivity contribution in [3.8, 4) is 22.5 Å². The number of anilines is 1. The van der Waals surface area contributed by atoms with Crippen molar-refractivity contribution in [1.29, 1.82) is 0 Å². The van der Waals surface area contributed by atoms with E-state index in [1.807, 2.05) is 11.8 Å². The topological polar surface area (TPSA) is 184 Å². The lowest BCUT2D eigenvalue weighted by atomic mass is 10.0. The zero-order valence-corrected chi connectivity index (χ0v) is 47.0. The first-order chi connectivity index (χ1) is 40.0. The van der Waals surface area contributed by atoms with Crippen LogP contribution in [0.1, 0.15) is 151 Å². The Labute approximate surface area is 482 Å². The summed E-state index contributed by atoms with van der Waals surface area (Å²) >= 11 is 1.30. The van der Waals surface area contributed by atoms with Crippen molar-refractivity contribution in [2.75, 3.05) is 44.6 Å². The van der Waals surface area contributed by atoms with E-state index in [0.717, 1.165) is 68.4 Å². The third-order valence-electron chi connectivity index (χ3n) is 15.8. The molecule has 84 heavy (non-hydrogen) atoms. The fourth-order valence-electron chi connectivity index (χ4n) is 11.5. The zero-order chi connectivity index (χ0) is 59.8. The van der Waals surface area contributed by atoms with Crippen LogP contribution < -0.4 is 16.0 Å². The number of hydrogen-bond acceptors (Lipinski definition) is 11. The summed E-state index contributed by atoms with van der Waals surface area (Å²) in [5.41, 5.74) is -1.29. The largest absolute Gasteiger partial charge is 0.417 e. The maximum atomic E-state index is 13.9. The number of aromatic nitrogens is 8. The Bertz CT molecular complexity index is 3160. The Kier molecular flexibility index (Phi) is 19.6. The summed E-state index contributed by atoms with van der Waals surface area (Å²) < 4.78 is 142. The molecule has 3 amide bonds. The molecule has 0 radical (unpaired) electrons. The number of hydrogen-bond donors (Lipinski definition) is 4. The molecule has 16 nitrogen and oxygen atoms in total. The number of nitrogens with one attached hydrogen (secondary N) is 4. The normalized spacial score (nSPS) is 18.7. The molecule has 2 saturated carbocycles. The van der Waals surface area contributed by atoms with Crippen LogP contribution in [0.25, 0.3) is 22.5 Å². The lowest BCUT2D eigenvalue weighted by Crippen LogP contribution is -2.45. The Balaban J connectivity index is 0.000000202. The Morgan fingerprint density at radius 3 is 1.71 bits per heavy atom. The second-order valence-electron chi connectivity index (χ2n) is 22.2. The van der Waals surface area contributed by atoms with Crippen molar-refractivity contribution < 1.29 is 58.3 Å². The van der Waals surface area contributed by atoms with Gasteiger partial charge in [0.25, 0.3) is 23.7 Å². The molecule has 4 aliphatic rings. The second-order valence-corrected chi connectivity index (χ2v) is 23.4. The third kappa shape index (κ3) is 16.4. The highest BCUT2D eigenvalue weighted by Crippen LogP contribution is 2.42. The number of rotatable bonds is 19. The molecule has 2 aliphatic heterocycles. The molecule has 27 heteroatoms. The molecule has 2 unspecified atom stereocenters. The van der Waals surface area contributed by atoms with Gasteiger partial charge in [-0.25, -0.2) is 22.5 Å². The molecule has 4 N–H and O–H groups in total. The molecule has 10 rings (SSSR count). The van der Waals surface area contributed by atoms with Gasteiger partial charge >= 0.3 is 12.4 Å². The molecule has 2 atom stereocenters. The predicted molar refractivity (Wildman–Crippen MR) is 294 cm³/mol. The number of nitrogens with zero attached hydrogens (tertiary/aromatic N) is 9. The lowest BCUT2D eigenvalue weighted by Gasteiger charge is -2.33. The molecular formula is C57H67F10N13O3S. The highest BCUT2D eigenvalue weighted by atomic mass is 32.1. The minimum atomic E-state index is -4.60. The van der Waals surface area contributed by atoms with Crippen LogP contribution in [0, 0.1) is 6.92 Å². The van der Waals surface area contributed by atoms with Gasteiger partial charge < -0.3 is 25.8 Å². The SMILES string of the molecule is Cc1cnc(NC(=O)CC(CCN2CCC(F)(F)CC2)NC(=O)c2cc(-c3ccccc3C(F)(F)F)n(C3CCCC3)n2)s1.O=C(NC(CCN1CCCC(F)(F)C1)Cc1nnc[nH]1)c1cc(-c2ccccc2C(F)(F)F)n(C2CCCC2)n1. The van der Waals surface area contributed by atoms with Gasteiger partial charge in [0.05, 0.1) is 41.1 Å². The molecule has 6 heterocycles. The van der Waals surface area contributed by atoms with Gasteiger partial charge in [-0.3, -0.25) is 28.6 Å². The monoisotopic (exact) mass is 1200 g/mol. The van der Waals surface area contributed by atoms with Gasteiger partial charge in [0, 0.05) is 92.6 Å². The van der Waals surface area contributed by atoms with Crippen molar-refractivity contribution in [2.24, 2.45) is 0 Å². The molecule has 2 aliphatic carbocycles. The minimum absolute atomic E-state index is 0.00551. The van der Waals surface area contributed by atoms with E-state index in [4.69, 9.17) is 0 Å². The van der Waals surface area contributed by atoms with Crippen molar-refractivity contribution in [1.82, 2.24) is 60.2 Å². The average Bonchev–Trinajstić information content (AvgIpc) is 3.01. The van der Waals surface area contributed by atoms with Crippen molar-refractivity contribution >= 4 is 34.2 Å². The van der Waals surface area contributed by atoms with E-state index >= 15 is 0 Å². The highest BCUT2D eigenvalue weighted by Gasteiger charge is 2.39. The molecular weight excluding hydrogens is 1140 g/mol. The minimum Gasteiger partial charge on any atom is -0.347 e. The van der Waals surface area contributed by atoms with E-state index in [-0.39, 0.29) is 104 Å². The Morgan fingerprint density at radius 2 is 1.21 bits per heavy atom. The van der Waals surface area contributed by atoms with Crippen molar-refractivity contribution in [2.45, 2.75) is 158 Å². The lowest BCUT2D eigenvalue weighted by molar-refractivity contribution is -0.137. The summed E-state index contributed by atoms with van der Waals surface area (Å²) in [6.07, 6.45) is 1.13. The molecule has 0 spiro atoms. The number of thiazole rings is 1. The number of benzene rings is 2. The van der Waals surface area contributed by atoms with E-state index < -0.39 is 59.2 Å². The Hall–Kier alpha value is -6.74. The van der Waals surface area contributed by atoms with Gasteiger partial charge in [-0.2, -0.15) is 36.5 Å². The first kappa shape index (κ1) is 61.8. The molecule has 0 bridgehead atoms. The molecule has 454 valence electrons. The van der Waals surface area contributed by atoms with Crippen LogP contribution in [-0.4, -0.2) is 130 Å². The quantitative estimate of drug-likeness (QED) is 0.0569. The number of aryl methyl sites for hydroxylation is 1. The summed E-state index contributed by atoms with van der Waals surface area (Å²) in [6.45, 7) is 3.19. The Morgan fingerprint density at radius 1 is 0.690 bits per heavy atom. The van der Waals surface area contributed by atoms with Gasteiger partial charge in [0.1, 0.15) is 12.2 Å². The third-order valence-corrected chi connectivity index (χ3v) is 16.6. The van der Waals surface area contributed by atoms with E-state index in [0.29, 0.717) is 49.9 Å². The van der Waals surface area contributed by atoms with Gasteiger partial charge in [-0.15, -0.1) is 21.5 Å². The molecule has 4 aromatic heterocycles. The van der Waals surface area contributed by atoms with Crippen LogP contribution in [-0.2, 0) is 23.6 Å². The highest BCUT2D eigenvalue weighted by molar-refractivity contribution is 7.15. The van der Waals surface area contributed by atoms with E-state index in [1.54, 1.807) is 15.8 Å². The van der Waals surface area contributed by atoms with Crippen molar-refractivity contribution in [3.63, 3.8) is 0 Å². The van der Waals surface area contributed by atoms with Crippen LogP contribution in [0.3, 0.4) is 0 Å². The number of H-pyrrole nitrogens is 1. The number of carbonyl (C=O) groups is 3. The average molecular weight is 1200 g/mol. The van der Waals surface area contributed by atoms with Crippen LogP contribution in [0.2, 0.25) is 0 Å². The summed E-state index contributed by atoms with van der Waals surface area (Å²) in [4.78, 5) is 51.4. The number of halogens is 10. The number of aromatic amines is 1. The molecule has 2 aromatic carbocycles. The zero-order valence-electron chi connectivity index (χ0n) is 46.2. The number of amides is 3. The first-order valence-electron chi connectivity index (χ1n) is 28.4. The standard InChI is InChI=1S/C30H35F5N6O2S.C27H32F5N7O/c1-19-18-36-28(44-19)38-26(42)16-20(10-13-40-14-11-29(31,32)12-15-40)37-27(43)24-17-25(41(39-24)21-6-2-3-7-21)22-8-4-5-9-23(22)30(33,34)35;28-26(29)11-5-12-38(16-26)13-10-18(14-24-33-17-34-36-24)35-25(40)22-15-23(39(37-22)19-6-1-2-7-19)20-8-3-4-9-21(20)27(30,31)32/h4-5,8-9,17-18,20-21H,2-3,6-7,10-16H2,1H3,(H,37,43)(H,36,38,42);3-4,8-9,15,17-19H,1-2,5-7,10-14,16H2,(H,35,40)(H,33,34,36). The number of carbonyl (C=O) groups excluding carboxylic acids is 3. The predicted octanol–water partition coefficient (Wildman–Crippen LogP) is 12.0. The second kappa shape index (κ2) is 26.7. The van der Waals surface area contributed by atoms with E-state index in [2.05, 4.69) is 46.3 Å². The van der Waals surface area contributed by atoms with Gasteiger partial charge in [-0.1, -0.05) is 62.1 Å². The number of likely N-dealkylation sites (tertiary alicyclic amines) is 2. The van der Waals surface area contributed by atoms with Crippen LogP contribution in [0.4, 0.5) is 49.0 Å². The summed E-state index contributed by atoms with van der Waals surface area (Å²) in [5, 5.41) is 25.7. The van der Waals surface area contributed by atoms with E-state index in [9.17, 15) is 58.3 Å². The van der Waals surface area contributed by atoms with Gasteiger partial charge in [0.2, 0.25) is 5.91 Å². The number of piperidine rings is 2. The maximum Gasteiger partial charge on any atom is 0.417 e. The van der Waals surface area contributed by atoms with Gasteiger partial charge in [0.15, 0.2) is 16.5 Å². The first-order valence-corrected chi connectivity index (χ1v) is 29.2. The fourth-order valence-corrected chi connectivity index (χ4v) is 12.2. The summed E-state index contributed by atoms with van der Waals surface area (Å²) in [5.74, 6) is -6.47. The van der Waals surface area contributed by atoms with Crippen LogP contribution in [0.15, 0.2) is 73.2 Å².